The van der Waals surface area contributed by atoms with Gasteiger partial charge in [-0.2, -0.15) is 15.1 Å². The summed E-state index contributed by atoms with van der Waals surface area (Å²) >= 11 is 0. The first kappa shape index (κ1) is 14.7. The second kappa shape index (κ2) is 5.96. The summed E-state index contributed by atoms with van der Waals surface area (Å²) in [6.07, 6.45) is 8.32. The highest BCUT2D eigenvalue weighted by Crippen LogP contribution is 2.27. The molecule has 0 saturated carbocycles. The molecule has 4 rings (SSSR count). The molecule has 1 atom stereocenters. The lowest BCUT2D eigenvalue weighted by Gasteiger charge is -2.22. The molecule has 0 spiro atoms. The molecular weight excluding hydrogens is 300 g/mol. The van der Waals surface area contributed by atoms with E-state index in [1.54, 1.807) is 10.9 Å². The largest absolute Gasteiger partial charge is 0.383 e. The van der Waals surface area contributed by atoms with Gasteiger partial charge in [-0.1, -0.05) is 42.5 Å². The summed E-state index contributed by atoms with van der Waals surface area (Å²) in [5, 5.41) is 5.02. The average Bonchev–Trinajstić information content (AvgIpc) is 3.21. The van der Waals surface area contributed by atoms with Gasteiger partial charge in [0.1, 0.15) is 5.82 Å². The summed E-state index contributed by atoms with van der Waals surface area (Å²) in [6, 6.07) is 10.6. The van der Waals surface area contributed by atoms with Gasteiger partial charge in [-0.25, -0.2) is 0 Å². The minimum absolute atomic E-state index is 0.287. The maximum absolute atomic E-state index is 6.10. The summed E-state index contributed by atoms with van der Waals surface area (Å²) in [7, 11) is 1.87. The maximum Gasteiger partial charge on any atom is 0.229 e. The average molecular weight is 320 g/mol. The van der Waals surface area contributed by atoms with Crippen molar-refractivity contribution in [2.45, 2.75) is 18.9 Å². The molecule has 1 saturated heterocycles. The first-order valence-electron chi connectivity index (χ1n) is 8.17. The van der Waals surface area contributed by atoms with Gasteiger partial charge >= 0.3 is 0 Å². The number of rotatable bonds is 3. The van der Waals surface area contributed by atoms with Gasteiger partial charge in [0.15, 0.2) is 5.65 Å². The Balaban J connectivity index is 1.65. The standard InChI is InChI=1S/C18H20N6/c1-23-17-15(12-20-23)16(19)21-18(22-17)24-11-5-8-14(24)10-9-13-6-3-2-4-7-13/h2-4,6-7,9-10,12,14H,5,8,11H2,1H3,(H2,19,21,22)/b10-9+. The van der Waals surface area contributed by atoms with Gasteiger partial charge in [-0.05, 0) is 18.4 Å². The van der Waals surface area contributed by atoms with Crippen LogP contribution in [0.5, 0.6) is 0 Å². The Bertz CT molecular complexity index is 883. The molecule has 24 heavy (non-hydrogen) atoms. The van der Waals surface area contributed by atoms with Crippen molar-refractivity contribution in [2.75, 3.05) is 17.2 Å². The Labute approximate surface area is 140 Å². The summed E-state index contributed by atoms with van der Waals surface area (Å²) in [5.41, 5.74) is 8.07. The van der Waals surface area contributed by atoms with Crippen LogP contribution in [0.2, 0.25) is 0 Å². The molecule has 1 aliphatic heterocycles. The van der Waals surface area contributed by atoms with Crippen molar-refractivity contribution >= 4 is 28.9 Å². The van der Waals surface area contributed by atoms with E-state index in [2.05, 4.69) is 44.3 Å². The van der Waals surface area contributed by atoms with Crippen molar-refractivity contribution in [1.82, 2.24) is 19.7 Å². The molecule has 3 aromatic rings. The number of aryl methyl sites for hydroxylation is 1. The third kappa shape index (κ3) is 2.60. The van der Waals surface area contributed by atoms with Crippen LogP contribution in [0.4, 0.5) is 11.8 Å². The fourth-order valence-corrected chi connectivity index (χ4v) is 3.19. The molecule has 2 N–H and O–H groups in total. The lowest BCUT2D eigenvalue weighted by molar-refractivity contribution is 0.767. The molecular formula is C18H20N6. The van der Waals surface area contributed by atoms with E-state index < -0.39 is 0 Å². The lowest BCUT2D eigenvalue weighted by Crippen LogP contribution is -2.29. The summed E-state index contributed by atoms with van der Waals surface area (Å²) in [4.78, 5) is 11.4. The van der Waals surface area contributed by atoms with Crippen molar-refractivity contribution in [3.8, 4) is 0 Å². The highest BCUT2D eigenvalue weighted by atomic mass is 15.3. The molecule has 0 amide bonds. The third-order valence-electron chi connectivity index (χ3n) is 4.48. The van der Waals surface area contributed by atoms with Crippen LogP contribution in [0, 0.1) is 0 Å². The Kier molecular flexibility index (Phi) is 3.65. The molecule has 0 aliphatic carbocycles. The number of benzene rings is 1. The zero-order valence-electron chi connectivity index (χ0n) is 13.6. The van der Waals surface area contributed by atoms with Crippen LogP contribution in [-0.2, 0) is 7.05 Å². The van der Waals surface area contributed by atoms with Crippen molar-refractivity contribution in [3.05, 3.63) is 48.2 Å². The van der Waals surface area contributed by atoms with Crippen molar-refractivity contribution < 1.29 is 0 Å². The highest BCUT2D eigenvalue weighted by molar-refractivity contribution is 5.86. The first-order chi connectivity index (χ1) is 11.7. The van der Waals surface area contributed by atoms with Crippen molar-refractivity contribution in [2.24, 2.45) is 7.05 Å². The van der Waals surface area contributed by atoms with Gasteiger partial charge in [0.2, 0.25) is 5.95 Å². The number of hydrogen-bond donors (Lipinski definition) is 1. The van der Waals surface area contributed by atoms with Gasteiger partial charge in [0.25, 0.3) is 0 Å². The Morgan fingerprint density at radius 2 is 2.04 bits per heavy atom. The molecule has 6 heteroatoms. The normalized spacial score (nSPS) is 18.0. The van der Waals surface area contributed by atoms with Crippen LogP contribution in [-0.4, -0.2) is 32.3 Å². The van der Waals surface area contributed by atoms with E-state index in [9.17, 15) is 0 Å². The van der Waals surface area contributed by atoms with Crippen molar-refractivity contribution in [1.29, 1.82) is 0 Å². The molecule has 1 unspecified atom stereocenters. The van der Waals surface area contributed by atoms with E-state index in [4.69, 9.17) is 5.73 Å². The van der Waals surface area contributed by atoms with Crippen molar-refractivity contribution in [3.63, 3.8) is 0 Å². The molecule has 6 nitrogen and oxygen atoms in total. The predicted molar refractivity (Wildman–Crippen MR) is 96.6 cm³/mol. The number of anilines is 2. The Hall–Kier alpha value is -2.89. The molecule has 0 radical (unpaired) electrons. The quantitative estimate of drug-likeness (QED) is 0.803. The van der Waals surface area contributed by atoms with E-state index in [0.29, 0.717) is 11.8 Å². The zero-order chi connectivity index (χ0) is 16.5. The fraction of sp³-hybridized carbons (Fsp3) is 0.278. The first-order valence-corrected chi connectivity index (χ1v) is 8.17. The van der Waals surface area contributed by atoms with Gasteiger partial charge in [0.05, 0.1) is 17.6 Å². The number of fused-ring (bicyclic) bond motifs is 1. The Morgan fingerprint density at radius 3 is 2.88 bits per heavy atom. The minimum Gasteiger partial charge on any atom is -0.383 e. The summed E-state index contributed by atoms with van der Waals surface area (Å²) in [5.74, 6) is 1.17. The van der Waals surface area contributed by atoms with Gasteiger partial charge in [0, 0.05) is 13.6 Å². The minimum atomic E-state index is 0.287. The molecule has 1 fully saturated rings. The maximum atomic E-state index is 6.10. The van der Waals surface area contributed by atoms with E-state index in [1.807, 2.05) is 25.2 Å². The zero-order valence-corrected chi connectivity index (χ0v) is 13.6. The number of nitrogen functional groups attached to an aromatic ring is 1. The van der Waals surface area contributed by atoms with Crippen LogP contribution < -0.4 is 10.6 Å². The smallest absolute Gasteiger partial charge is 0.229 e. The topological polar surface area (TPSA) is 72.9 Å². The van der Waals surface area contributed by atoms with E-state index in [0.717, 1.165) is 30.4 Å². The molecule has 1 aromatic carbocycles. The molecule has 1 aliphatic rings. The van der Waals surface area contributed by atoms with Crippen LogP contribution in [0.25, 0.3) is 17.1 Å². The van der Waals surface area contributed by atoms with Crippen LogP contribution in [0.3, 0.4) is 0 Å². The summed E-state index contributed by atoms with van der Waals surface area (Å²) in [6.45, 7) is 0.937. The highest BCUT2D eigenvalue weighted by Gasteiger charge is 2.25. The van der Waals surface area contributed by atoms with E-state index >= 15 is 0 Å². The van der Waals surface area contributed by atoms with Gasteiger partial charge in [-0.3, -0.25) is 4.68 Å². The van der Waals surface area contributed by atoms with E-state index in [1.165, 1.54) is 5.56 Å². The van der Waals surface area contributed by atoms with Crippen LogP contribution >= 0.6 is 0 Å². The molecule has 122 valence electrons. The summed E-state index contributed by atoms with van der Waals surface area (Å²) < 4.78 is 1.74. The molecule has 0 bridgehead atoms. The van der Waals surface area contributed by atoms with Crippen LogP contribution in [0.15, 0.2) is 42.6 Å². The second-order valence-corrected chi connectivity index (χ2v) is 6.09. The van der Waals surface area contributed by atoms with E-state index in [-0.39, 0.29) is 6.04 Å². The number of aromatic nitrogens is 4. The SMILES string of the molecule is Cn1ncc2c(N)nc(N3CCCC3/C=C/c3ccccc3)nc21. The monoisotopic (exact) mass is 320 g/mol. The fourth-order valence-electron chi connectivity index (χ4n) is 3.19. The molecule has 3 heterocycles. The van der Waals surface area contributed by atoms with Gasteiger partial charge < -0.3 is 10.6 Å². The number of nitrogens with zero attached hydrogens (tertiary/aromatic N) is 5. The van der Waals surface area contributed by atoms with Gasteiger partial charge in [-0.15, -0.1) is 0 Å². The Morgan fingerprint density at radius 1 is 1.21 bits per heavy atom. The van der Waals surface area contributed by atoms with Crippen LogP contribution in [0.1, 0.15) is 18.4 Å². The molecule has 2 aromatic heterocycles. The second-order valence-electron chi connectivity index (χ2n) is 6.09. The number of nitrogens with two attached hydrogens (primary N) is 1. The third-order valence-corrected chi connectivity index (χ3v) is 4.48. The number of hydrogen-bond acceptors (Lipinski definition) is 5. The lowest BCUT2D eigenvalue weighted by atomic mass is 10.1. The predicted octanol–water partition coefficient (Wildman–Crippen LogP) is 2.63.